The molecule has 0 bridgehead atoms. The third-order valence-corrected chi connectivity index (χ3v) is 5.74. The molecular formula is C20H20F5N3O4S. The second kappa shape index (κ2) is 10.3. The molecule has 0 aliphatic carbocycles. The van der Waals surface area contributed by atoms with Gasteiger partial charge in [0.15, 0.2) is 0 Å². The average Bonchev–Trinajstić information content (AvgIpc) is 2.70. The van der Waals surface area contributed by atoms with Crippen LogP contribution in [0.2, 0.25) is 0 Å². The maximum Gasteiger partial charge on any atom is 0.402 e. The molecule has 33 heavy (non-hydrogen) atoms. The highest BCUT2D eigenvalue weighted by atomic mass is 32.2. The Morgan fingerprint density at radius 1 is 0.970 bits per heavy atom. The van der Waals surface area contributed by atoms with Crippen LogP contribution in [0.1, 0.15) is 24.2 Å². The van der Waals surface area contributed by atoms with Crippen LogP contribution in [0.5, 0.6) is 0 Å². The van der Waals surface area contributed by atoms with E-state index in [0.717, 1.165) is 42.5 Å². The zero-order chi connectivity index (χ0) is 25.0. The lowest BCUT2D eigenvalue weighted by molar-refractivity contribution is -0.121. The van der Waals surface area contributed by atoms with Gasteiger partial charge in [0.25, 0.3) is 5.91 Å². The highest BCUT2D eigenvalue weighted by Crippen LogP contribution is 2.18. The minimum absolute atomic E-state index is 0.0757. The van der Waals surface area contributed by atoms with Crippen LogP contribution >= 0.6 is 0 Å². The molecule has 0 aliphatic rings. The summed E-state index contributed by atoms with van der Waals surface area (Å²) in [5, 5.41) is 4.67. The molecular weight excluding hydrogens is 473 g/mol. The number of nitrogens with one attached hydrogen (secondary N) is 3. The van der Waals surface area contributed by atoms with E-state index in [1.165, 1.54) is 4.72 Å². The Morgan fingerprint density at radius 3 is 2.00 bits per heavy atom. The van der Waals surface area contributed by atoms with E-state index in [4.69, 9.17) is 0 Å². The van der Waals surface area contributed by atoms with Gasteiger partial charge in [0.2, 0.25) is 15.9 Å². The van der Waals surface area contributed by atoms with Crippen molar-refractivity contribution in [1.82, 2.24) is 10.0 Å². The van der Waals surface area contributed by atoms with E-state index in [9.17, 15) is 40.0 Å². The molecule has 0 unspecified atom stereocenters. The summed E-state index contributed by atoms with van der Waals surface area (Å²) in [5.41, 5.74) is -0.774. The van der Waals surface area contributed by atoms with Crippen LogP contribution < -0.4 is 15.4 Å². The largest absolute Gasteiger partial charge is 0.402 e. The number of amides is 2. The van der Waals surface area contributed by atoms with Crippen molar-refractivity contribution in [3.8, 4) is 0 Å². The van der Waals surface area contributed by atoms with Crippen molar-refractivity contribution < 1.29 is 40.0 Å². The third-order valence-electron chi connectivity index (χ3n) is 4.32. The number of anilines is 1. The van der Waals surface area contributed by atoms with Crippen LogP contribution in [0.4, 0.5) is 27.6 Å². The topological polar surface area (TPSA) is 104 Å². The molecule has 1 atom stereocenters. The predicted octanol–water partition coefficient (Wildman–Crippen LogP) is 3.20. The van der Waals surface area contributed by atoms with Gasteiger partial charge < -0.3 is 10.6 Å². The minimum atomic E-state index is -4.73. The summed E-state index contributed by atoms with van der Waals surface area (Å²) >= 11 is 0. The summed E-state index contributed by atoms with van der Waals surface area (Å²) < 4.78 is 89.6. The quantitative estimate of drug-likeness (QED) is 0.492. The molecule has 0 saturated carbocycles. The fraction of sp³-hybridized carbons (Fsp3) is 0.300. The van der Waals surface area contributed by atoms with E-state index >= 15 is 0 Å². The Hall–Kier alpha value is -3.06. The maximum absolute atomic E-state index is 13.8. The van der Waals surface area contributed by atoms with Gasteiger partial charge in [-0.15, -0.1) is 0 Å². The number of rotatable bonds is 8. The fourth-order valence-corrected chi connectivity index (χ4v) is 3.68. The van der Waals surface area contributed by atoms with Crippen LogP contribution in [-0.2, 0) is 14.8 Å². The van der Waals surface area contributed by atoms with Gasteiger partial charge in [0.1, 0.15) is 29.8 Å². The van der Waals surface area contributed by atoms with E-state index in [2.05, 4.69) is 10.6 Å². The van der Waals surface area contributed by atoms with Gasteiger partial charge in [-0.05, 0) is 42.3 Å². The minimum Gasteiger partial charge on any atom is -0.340 e. The van der Waals surface area contributed by atoms with Gasteiger partial charge >= 0.3 is 6.18 Å². The van der Waals surface area contributed by atoms with E-state index < -0.39 is 68.6 Å². The molecule has 3 N–H and O–H groups in total. The van der Waals surface area contributed by atoms with Crippen molar-refractivity contribution in [2.75, 3.05) is 11.9 Å². The van der Waals surface area contributed by atoms with Gasteiger partial charge in [-0.1, -0.05) is 19.9 Å². The zero-order valence-electron chi connectivity index (χ0n) is 17.3. The second-order valence-electron chi connectivity index (χ2n) is 7.25. The molecule has 7 nitrogen and oxygen atoms in total. The van der Waals surface area contributed by atoms with Crippen LogP contribution in [0.15, 0.2) is 47.4 Å². The van der Waals surface area contributed by atoms with Crippen molar-refractivity contribution in [2.45, 2.75) is 31.0 Å². The monoisotopic (exact) mass is 493 g/mol. The van der Waals surface area contributed by atoms with Gasteiger partial charge in [0, 0.05) is 5.69 Å². The lowest BCUT2D eigenvalue weighted by atomic mass is 10.0. The van der Waals surface area contributed by atoms with Gasteiger partial charge in [0.05, 0.1) is 4.90 Å². The Bertz CT molecular complexity index is 1100. The van der Waals surface area contributed by atoms with Gasteiger partial charge in [-0.25, -0.2) is 21.9 Å². The molecule has 0 spiro atoms. The number of halogens is 5. The highest BCUT2D eigenvalue weighted by molar-refractivity contribution is 7.89. The molecule has 0 saturated heterocycles. The SMILES string of the molecule is CC(C)[C@H](NC(=O)c1c(F)cccc1F)C(=O)Nc1ccc(S(=O)(=O)NCC(F)(F)F)cc1. The van der Waals surface area contributed by atoms with E-state index in [1.807, 2.05) is 0 Å². The lowest BCUT2D eigenvalue weighted by Crippen LogP contribution is -2.47. The molecule has 0 radical (unpaired) electrons. The van der Waals surface area contributed by atoms with Crippen molar-refractivity contribution in [2.24, 2.45) is 5.92 Å². The first-order valence-corrected chi connectivity index (χ1v) is 10.9. The summed E-state index contributed by atoms with van der Waals surface area (Å²) in [6.07, 6.45) is -4.73. The number of carbonyl (C=O) groups excluding carboxylic acids is 2. The lowest BCUT2D eigenvalue weighted by Gasteiger charge is -2.22. The van der Waals surface area contributed by atoms with E-state index in [-0.39, 0.29) is 5.69 Å². The molecule has 13 heteroatoms. The van der Waals surface area contributed by atoms with Crippen molar-refractivity contribution >= 4 is 27.5 Å². The first kappa shape index (κ1) is 26.2. The third kappa shape index (κ3) is 7.22. The van der Waals surface area contributed by atoms with E-state index in [1.54, 1.807) is 13.8 Å². The van der Waals surface area contributed by atoms with Crippen molar-refractivity contribution in [3.05, 3.63) is 59.7 Å². The molecule has 0 fully saturated rings. The average molecular weight is 493 g/mol. The van der Waals surface area contributed by atoms with Crippen LogP contribution in [0.3, 0.4) is 0 Å². The number of sulfonamides is 1. The smallest absolute Gasteiger partial charge is 0.340 e. The fourth-order valence-electron chi connectivity index (χ4n) is 2.66. The zero-order valence-corrected chi connectivity index (χ0v) is 18.2. The Morgan fingerprint density at radius 2 is 1.52 bits per heavy atom. The molecule has 2 rings (SSSR count). The number of alkyl halides is 3. The molecule has 2 aromatic carbocycles. The molecule has 2 amide bonds. The summed E-state index contributed by atoms with van der Waals surface area (Å²) in [5.74, 6) is -4.62. The Kier molecular flexibility index (Phi) is 8.14. The van der Waals surface area contributed by atoms with Crippen LogP contribution in [0.25, 0.3) is 0 Å². The summed E-state index contributed by atoms with van der Waals surface area (Å²) in [7, 11) is -4.43. The molecule has 2 aromatic rings. The predicted molar refractivity (Wildman–Crippen MR) is 109 cm³/mol. The number of benzene rings is 2. The summed E-state index contributed by atoms with van der Waals surface area (Å²) in [6, 6.07) is 5.87. The Labute approximate surface area is 186 Å². The first-order valence-electron chi connectivity index (χ1n) is 9.43. The highest BCUT2D eigenvalue weighted by Gasteiger charge is 2.30. The first-order chi connectivity index (χ1) is 15.2. The normalized spacial score (nSPS) is 13.0. The molecule has 0 aliphatic heterocycles. The summed E-state index contributed by atoms with van der Waals surface area (Å²) in [4.78, 5) is 24.5. The van der Waals surface area contributed by atoms with Crippen LogP contribution in [0, 0.1) is 17.6 Å². The Balaban J connectivity index is 2.12. The number of carbonyl (C=O) groups is 2. The van der Waals surface area contributed by atoms with Gasteiger partial charge in [-0.3, -0.25) is 9.59 Å². The number of hydrogen-bond donors (Lipinski definition) is 3. The molecule has 0 heterocycles. The van der Waals surface area contributed by atoms with Gasteiger partial charge in [-0.2, -0.15) is 13.2 Å². The standard InChI is InChI=1S/C20H20F5N3O4S/c1-11(2)17(28-18(29)16-14(21)4-3-5-15(16)22)19(30)27-12-6-8-13(9-7-12)33(31,32)26-10-20(23,24)25/h3-9,11,17,26H,10H2,1-2H3,(H,27,30)(H,28,29)/t17-/m0/s1. The number of hydrogen-bond acceptors (Lipinski definition) is 4. The van der Waals surface area contributed by atoms with Crippen molar-refractivity contribution in [3.63, 3.8) is 0 Å². The van der Waals surface area contributed by atoms with Crippen molar-refractivity contribution in [1.29, 1.82) is 0 Å². The maximum atomic E-state index is 13.8. The molecule has 180 valence electrons. The summed E-state index contributed by atoms with van der Waals surface area (Å²) in [6.45, 7) is 1.40. The molecule has 0 aromatic heterocycles. The van der Waals surface area contributed by atoms with Crippen LogP contribution in [-0.4, -0.2) is 39.0 Å². The van der Waals surface area contributed by atoms with E-state index in [0.29, 0.717) is 0 Å². The second-order valence-corrected chi connectivity index (χ2v) is 9.01.